The summed E-state index contributed by atoms with van der Waals surface area (Å²) in [6.45, 7) is 3.45. The number of nitrogens with one attached hydrogen (secondary N) is 1. The first-order chi connectivity index (χ1) is 8.86. The number of hydrogen-bond donors (Lipinski definition) is 1. The van der Waals surface area contributed by atoms with Gasteiger partial charge in [0.25, 0.3) is 0 Å². The van der Waals surface area contributed by atoms with Gasteiger partial charge in [-0.25, -0.2) is 0 Å². The molecule has 1 heterocycles. The quantitative estimate of drug-likeness (QED) is 0.879. The predicted molar refractivity (Wildman–Crippen MR) is 77.3 cm³/mol. The molecule has 98 valence electrons. The van der Waals surface area contributed by atoms with Crippen molar-refractivity contribution in [1.29, 1.82) is 0 Å². The summed E-state index contributed by atoms with van der Waals surface area (Å²) in [5, 5.41) is 3.28. The van der Waals surface area contributed by atoms with Crippen LogP contribution in [0.4, 0.5) is 5.69 Å². The molecular formula is C16H24N2. The fourth-order valence-corrected chi connectivity index (χ4v) is 3.84. The zero-order valence-corrected chi connectivity index (χ0v) is 11.4. The second-order valence-electron chi connectivity index (χ2n) is 5.88. The van der Waals surface area contributed by atoms with Crippen molar-refractivity contribution in [2.24, 2.45) is 0 Å². The summed E-state index contributed by atoms with van der Waals surface area (Å²) in [7, 11) is 2.04. The Hall–Kier alpha value is -1.02. The van der Waals surface area contributed by atoms with Crippen LogP contribution in [-0.4, -0.2) is 26.7 Å². The van der Waals surface area contributed by atoms with Crippen molar-refractivity contribution < 1.29 is 0 Å². The molecule has 0 bridgehead atoms. The molecule has 3 rings (SSSR count). The maximum atomic E-state index is 3.28. The highest BCUT2D eigenvalue weighted by molar-refractivity contribution is 5.62. The Labute approximate surface area is 110 Å². The molecule has 1 aliphatic carbocycles. The molecule has 0 atom stereocenters. The third kappa shape index (κ3) is 1.93. The molecule has 0 saturated heterocycles. The van der Waals surface area contributed by atoms with E-state index >= 15 is 0 Å². The normalized spacial score (nSPS) is 21.3. The van der Waals surface area contributed by atoms with Gasteiger partial charge in [-0.15, -0.1) is 0 Å². The smallest absolute Gasteiger partial charge is 0.0405 e. The van der Waals surface area contributed by atoms with E-state index in [9.17, 15) is 0 Å². The number of benzene rings is 1. The van der Waals surface area contributed by atoms with Crippen molar-refractivity contribution in [2.75, 3.05) is 31.6 Å². The fourth-order valence-electron chi connectivity index (χ4n) is 3.84. The molecule has 18 heavy (non-hydrogen) atoms. The van der Waals surface area contributed by atoms with Crippen LogP contribution in [0.25, 0.3) is 0 Å². The molecule has 1 fully saturated rings. The lowest BCUT2D eigenvalue weighted by Gasteiger charge is -2.34. The van der Waals surface area contributed by atoms with Crippen LogP contribution in [0.1, 0.15) is 37.7 Å². The monoisotopic (exact) mass is 244 g/mol. The second kappa shape index (κ2) is 4.93. The van der Waals surface area contributed by atoms with Gasteiger partial charge in [0.15, 0.2) is 0 Å². The maximum absolute atomic E-state index is 3.28. The highest BCUT2D eigenvalue weighted by Gasteiger charge is 2.42. The van der Waals surface area contributed by atoms with Crippen LogP contribution in [0.15, 0.2) is 24.3 Å². The minimum absolute atomic E-state index is 0.475. The first-order valence-corrected chi connectivity index (χ1v) is 7.35. The molecule has 0 amide bonds. The lowest BCUT2D eigenvalue weighted by Crippen LogP contribution is -2.37. The summed E-state index contributed by atoms with van der Waals surface area (Å²) in [6.07, 6.45) is 7.03. The van der Waals surface area contributed by atoms with Crippen LogP contribution in [-0.2, 0) is 5.41 Å². The lowest BCUT2D eigenvalue weighted by molar-refractivity contribution is 0.310. The molecule has 2 heteroatoms. The summed E-state index contributed by atoms with van der Waals surface area (Å²) in [4.78, 5) is 2.59. The van der Waals surface area contributed by atoms with Crippen LogP contribution in [0.5, 0.6) is 0 Å². The molecule has 0 unspecified atom stereocenters. The van der Waals surface area contributed by atoms with E-state index in [1.165, 1.54) is 44.3 Å². The minimum Gasteiger partial charge on any atom is -0.369 e. The number of anilines is 1. The fraction of sp³-hybridized carbons (Fsp3) is 0.625. The van der Waals surface area contributed by atoms with Gasteiger partial charge >= 0.3 is 0 Å². The molecule has 1 aliphatic heterocycles. The highest BCUT2D eigenvalue weighted by Crippen LogP contribution is 2.48. The van der Waals surface area contributed by atoms with Crippen LogP contribution in [0, 0.1) is 0 Å². The van der Waals surface area contributed by atoms with Crippen molar-refractivity contribution in [2.45, 2.75) is 37.5 Å². The Morgan fingerprint density at radius 3 is 2.72 bits per heavy atom. The predicted octanol–water partition coefficient (Wildman–Crippen LogP) is 2.93. The summed E-state index contributed by atoms with van der Waals surface area (Å²) >= 11 is 0. The van der Waals surface area contributed by atoms with Gasteiger partial charge in [-0.05, 0) is 31.5 Å². The molecule has 2 aliphatic rings. The zero-order chi connectivity index (χ0) is 12.4. The van der Waals surface area contributed by atoms with Gasteiger partial charge in [-0.2, -0.15) is 0 Å². The Morgan fingerprint density at radius 1 is 1.17 bits per heavy atom. The summed E-state index contributed by atoms with van der Waals surface area (Å²) in [6, 6.07) is 9.10. The van der Waals surface area contributed by atoms with Gasteiger partial charge < -0.3 is 10.2 Å². The average Bonchev–Trinajstić information content (AvgIpc) is 2.72. The molecule has 1 aromatic carbocycles. The maximum Gasteiger partial charge on any atom is 0.0405 e. The molecule has 0 radical (unpaired) electrons. The van der Waals surface area contributed by atoms with Gasteiger partial charge in [-0.3, -0.25) is 0 Å². The average molecular weight is 244 g/mol. The molecule has 1 saturated carbocycles. The molecular weight excluding hydrogens is 220 g/mol. The Balaban J connectivity index is 1.90. The number of para-hydroxylation sites is 1. The standard InChI is InChI=1S/C16H24N2/c1-17-11-12-18-13-16(9-5-2-6-10-16)14-7-3-4-8-15(14)18/h3-4,7-8,17H,2,5-6,9-13H2,1H3. The van der Waals surface area contributed by atoms with Gasteiger partial charge in [0.1, 0.15) is 0 Å². The van der Waals surface area contributed by atoms with Crippen LogP contribution < -0.4 is 10.2 Å². The lowest BCUT2D eigenvalue weighted by atomic mass is 9.71. The van der Waals surface area contributed by atoms with Crippen molar-refractivity contribution in [3.63, 3.8) is 0 Å². The highest BCUT2D eigenvalue weighted by atomic mass is 15.2. The van der Waals surface area contributed by atoms with E-state index in [1.807, 2.05) is 7.05 Å². The summed E-state index contributed by atoms with van der Waals surface area (Å²) in [5.41, 5.74) is 3.60. The zero-order valence-electron chi connectivity index (χ0n) is 11.4. The van der Waals surface area contributed by atoms with Crippen LogP contribution in [0.3, 0.4) is 0 Å². The van der Waals surface area contributed by atoms with Crippen molar-refractivity contribution in [3.8, 4) is 0 Å². The Bertz CT molecular complexity index is 407. The molecule has 1 N–H and O–H groups in total. The molecule has 1 spiro atoms. The number of nitrogens with zero attached hydrogens (tertiary/aromatic N) is 1. The van der Waals surface area contributed by atoms with Crippen LogP contribution in [0.2, 0.25) is 0 Å². The van der Waals surface area contributed by atoms with E-state index in [-0.39, 0.29) is 0 Å². The number of hydrogen-bond acceptors (Lipinski definition) is 2. The van der Waals surface area contributed by atoms with E-state index in [2.05, 4.69) is 34.5 Å². The van der Waals surface area contributed by atoms with Gasteiger partial charge in [0.2, 0.25) is 0 Å². The van der Waals surface area contributed by atoms with Crippen molar-refractivity contribution in [1.82, 2.24) is 5.32 Å². The largest absolute Gasteiger partial charge is 0.369 e. The topological polar surface area (TPSA) is 15.3 Å². The Kier molecular flexibility index (Phi) is 3.29. The SMILES string of the molecule is CNCCN1CC2(CCCCC2)c2ccccc21. The first-order valence-electron chi connectivity index (χ1n) is 7.35. The molecule has 1 aromatic rings. The molecule has 2 nitrogen and oxygen atoms in total. The van der Waals surface area contributed by atoms with E-state index in [0.29, 0.717) is 5.41 Å². The van der Waals surface area contributed by atoms with Gasteiger partial charge in [0, 0.05) is 30.7 Å². The first kappa shape index (κ1) is 12.0. The van der Waals surface area contributed by atoms with E-state index < -0.39 is 0 Å². The van der Waals surface area contributed by atoms with Crippen LogP contribution >= 0.6 is 0 Å². The van der Waals surface area contributed by atoms with Crippen molar-refractivity contribution >= 4 is 5.69 Å². The second-order valence-corrected chi connectivity index (χ2v) is 5.88. The van der Waals surface area contributed by atoms with Gasteiger partial charge in [0.05, 0.1) is 0 Å². The minimum atomic E-state index is 0.475. The van der Waals surface area contributed by atoms with E-state index in [1.54, 1.807) is 5.56 Å². The third-order valence-corrected chi connectivity index (χ3v) is 4.75. The summed E-state index contributed by atoms with van der Waals surface area (Å²) in [5.74, 6) is 0. The van der Waals surface area contributed by atoms with E-state index in [0.717, 1.165) is 13.1 Å². The number of likely N-dealkylation sites (N-methyl/N-ethyl adjacent to an activating group) is 1. The van der Waals surface area contributed by atoms with E-state index in [4.69, 9.17) is 0 Å². The number of fused-ring (bicyclic) bond motifs is 2. The number of rotatable bonds is 3. The third-order valence-electron chi connectivity index (χ3n) is 4.75. The van der Waals surface area contributed by atoms with Crippen molar-refractivity contribution in [3.05, 3.63) is 29.8 Å². The van der Waals surface area contributed by atoms with Gasteiger partial charge in [-0.1, -0.05) is 37.5 Å². The Morgan fingerprint density at radius 2 is 1.94 bits per heavy atom. The molecule has 0 aromatic heterocycles. The summed E-state index contributed by atoms with van der Waals surface area (Å²) < 4.78 is 0.